The predicted molar refractivity (Wildman–Crippen MR) is 114 cm³/mol. The molecular formula is C21H24N4O2S. The van der Waals surface area contributed by atoms with Crippen LogP contribution in [0.25, 0.3) is 11.0 Å². The maximum atomic E-state index is 12.4. The minimum atomic E-state index is -0.0499. The van der Waals surface area contributed by atoms with Crippen LogP contribution in [0, 0.1) is 0 Å². The number of imidazole rings is 1. The van der Waals surface area contributed by atoms with Crippen molar-refractivity contribution in [1.82, 2.24) is 14.5 Å². The maximum absolute atomic E-state index is 12.4. The fourth-order valence-corrected chi connectivity index (χ4v) is 4.26. The molecule has 3 aromatic rings. The van der Waals surface area contributed by atoms with Crippen molar-refractivity contribution in [3.8, 4) is 0 Å². The molecule has 6 nitrogen and oxygen atoms in total. The predicted octanol–water partition coefficient (Wildman–Crippen LogP) is 3.33. The second-order valence-corrected chi connectivity index (χ2v) is 7.98. The van der Waals surface area contributed by atoms with Gasteiger partial charge < -0.3 is 10.3 Å². The molecular weight excluding hydrogens is 372 g/mol. The van der Waals surface area contributed by atoms with Gasteiger partial charge in [0, 0.05) is 29.7 Å². The van der Waals surface area contributed by atoms with Crippen LogP contribution in [0.3, 0.4) is 0 Å². The van der Waals surface area contributed by atoms with E-state index in [1.165, 1.54) is 4.90 Å². The molecule has 0 aliphatic carbocycles. The van der Waals surface area contributed by atoms with Crippen LogP contribution in [-0.2, 0) is 4.79 Å². The summed E-state index contributed by atoms with van der Waals surface area (Å²) in [5, 5.41) is 2.96. The molecule has 1 aromatic heterocycles. The number of piperidine rings is 1. The van der Waals surface area contributed by atoms with E-state index in [9.17, 15) is 9.59 Å². The van der Waals surface area contributed by atoms with Crippen LogP contribution in [-0.4, -0.2) is 46.2 Å². The molecule has 1 saturated heterocycles. The number of nitrogens with one attached hydrogen (secondary N) is 2. The number of aromatic nitrogens is 2. The maximum Gasteiger partial charge on any atom is 0.326 e. The lowest BCUT2D eigenvalue weighted by atomic mass is 10.0. The molecule has 0 radical (unpaired) electrons. The van der Waals surface area contributed by atoms with Gasteiger partial charge in [-0.2, -0.15) is 0 Å². The first-order valence-corrected chi connectivity index (χ1v) is 10.7. The summed E-state index contributed by atoms with van der Waals surface area (Å²) >= 11 is 1.68. The second-order valence-electron chi connectivity index (χ2n) is 7.10. The minimum Gasteiger partial charge on any atom is -0.325 e. The highest BCUT2D eigenvalue weighted by Gasteiger charge is 2.24. The standard InChI is InChI=1S/C21H24N4O2S/c1-28-17-8-6-15(7-9-17)22-20(26)14-24-12-10-16(11-13-24)25-19-5-3-2-4-18(19)23-21(25)27/h2-9,16H,10-14H2,1H3,(H,22,26)(H,23,27). The quantitative estimate of drug-likeness (QED) is 0.649. The monoisotopic (exact) mass is 396 g/mol. The highest BCUT2D eigenvalue weighted by molar-refractivity contribution is 7.98. The summed E-state index contributed by atoms with van der Waals surface area (Å²) in [5.74, 6) is -0.000359. The Kier molecular flexibility index (Phi) is 5.54. The van der Waals surface area contributed by atoms with Crippen LogP contribution < -0.4 is 11.0 Å². The molecule has 0 spiro atoms. The average Bonchev–Trinajstić information content (AvgIpc) is 3.05. The van der Waals surface area contributed by atoms with E-state index in [2.05, 4.69) is 15.2 Å². The van der Waals surface area contributed by atoms with Gasteiger partial charge >= 0.3 is 5.69 Å². The number of anilines is 1. The first kappa shape index (κ1) is 18.8. The topological polar surface area (TPSA) is 70.1 Å². The number of para-hydroxylation sites is 2. The molecule has 4 rings (SSSR count). The molecule has 0 bridgehead atoms. The fraction of sp³-hybridized carbons (Fsp3) is 0.333. The molecule has 1 aliphatic rings. The van der Waals surface area contributed by atoms with Crippen LogP contribution in [0.1, 0.15) is 18.9 Å². The van der Waals surface area contributed by atoms with Crippen molar-refractivity contribution in [1.29, 1.82) is 0 Å². The molecule has 1 fully saturated rings. The SMILES string of the molecule is CSc1ccc(NC(=O)CN2CCC(n3c(=O)[nH]c4ccccc43)CC2)cc1. The Morgan fingerprint density at radius 3 is 2.57 bits per heavy atom. The van der Waals surface area contributed by atoms with Gasteiger partial charge in [-0.05, 0) is 55.5 Å². The summed E-state index contributed by atoms with van der Waals surface area (Å²) in [6.07, 6.45) is 3.75. The number of carbonyl (C=O) groups is 1. The zero-order chi connectivity index (χ0) is 19.5. The van der Waals surface area contributed by atoms with Crippen molar-refractivity contribution in [3.63, 3.8) is 0 Å². The average molecular weight is 397 g/mol. The molecule has 2 aromatic carbocycles. The summed E-state index contributed by atoms with van der Waals surface area (Å²) in [6.45, 7) is 1.98. The third-order valence-corrected chi connectivity index (χ3v) is 6.03. The molecule has 2 N–H and O–H groups in total. The molecule has 1 amide bonds. The van der Waals surface area contributed by atoms with Crippen molar-refractivity contribution in [2.75, 3.05) is 31.2 Å². The molecule has 28 heavy (non-hydrogen) atoms. The number of aromatic amines is 1. The van der Waals surface area contributed by atoms with Gasteiger partial charge in [0.25, 0.3) is 0 Å². The number of likely N-dealkylation sites (tertiary alicyclic amines) is 1. The van der Waals surface area contributed by atoms with E-state index in [-0.39, 0.29) is 17.6 Å². The second kappa shape index (κ2) is 8.24. The number of rotatable bonds is 5. The lowest BCUT2D eigenvalue weighted by molar-refractivity contribution is -0.117. The van der Waals surface area contributed by atoms with Gasteiger partial charge in [0.2, 0.25) is 5.91 Å². The zero-order valence-electron chi connectivity index (χ0n) is 15.9. The molecule has 0 unspecified atom stereocenters. The van der Waals surface area contributed by atoms with E-state index < -0.39 is 0 Å². The molecule has 2 heterocycles. The van der Waals surface area contributed by atoms with Crippen molar-refractivity contribution in [2.24, 2.45) is 0 Å². The van der Waals surface area contributed by atoms with Gasteiger partial charge in [-0.3, -0.25) is 14.3 Å². The van der Waals surface area contributed by atoms with Crippen molar-refractivity contribution in [2.45, 2.75) is 23.8 Å². The lowest BCUT2D eigenvalue weighted by Crippen LogP contribution is -2.40. The number of carbonyl (C=O) groups excluding carboxylic acids is 1. The largest absolute Gasteiger partial charge is 0.326 e. The summed E-state index contributed by atoms with van der Waals surface area (Å²) < 4.78 is 1.88. The third kappa shape index (κ3) is 4.00. The fourth-order valence-electron chi connectivity index (χ4n) is 3.85. The van der Waals surface area contributed by atoms with Crippen LogP contribution in [0.4, 0.5) is 5.69 Å². The first-order chi connectivity index (χ1) is 13.6. The molecule has 7 heteroatoms. The number of H-pyrrole nitrogens is 1. The van der Waals surface area contributed by atoms with Crippen LogP contribution in [0.5, 0.6) is 0 Å². The smallest absolute Gasteiger partial charge is 0.325 e. The Morgan fingerprint density at radius 1 is 1.14 bits per heavy atom. The number of fused-ring (bicyclic) bond motifs is 1. The van der Waals surface area contributed by atoms with E-state index in [0.29, 0.717) is 6.54 Å². The van der Waals surface area contributed by atoms with E-state index in [1.54, 1.807) is 11.8 Å². The Morgan fingerprint density at radius 2 is 1.86 bits per heavy atom. The Balaban J connectivity index is 1.34. The number of benzene rings is 2. The van der Waals surface area contributed by atoms with Gasteiger partial charge in [0.15, 0.2) is 0 Å². The number of amides is 1. The van der Waals surface area contributed by atoms with Gasteiger partial charge in [0.1, 0.15) is 0 Å². The number of hydrogen-bond donors (Lipinski definition) is 2. The number of thioether (sulfide) groups is 1. The molecule has 0 atom stereocenters. The van der Waals surface area contributed by atoms with Crippen LogP contribution in [0.2, 0.25) is 0 Å². The summed E-state index contributed by atoms with van der Waals surface area (Å²) in [5.41, 5.74) is 2.60. The van der Waals surface area contributed by atoms with Crippen molar-refractivity contribution < 1.29 is 4.79 Å². The van der Waals surface area contributed by atoms with E-state index in [1.807, 2.05) is 59.4 Å². The highest BCUT2D eigenvalue weighted by atomic mass is 32.2. The van der Waals surface area contributed by atoms with Crippen LogP contribution in [0.15, 0.2) is 58.2 Å². The number of hydrogen-bond acceptors (Lipinski definition) is 4. The molecule has 0 saturated carbocycles. The van der Waals surface area contributed by atoms with E-state index in [4.69, 9.17) is 0 Å². The number of nitrogens with zero attached hydrogens (tertiary/aromatic N) is 2. The van der Waals surface area contributed by atoms with Gasteiger partial charge in [0.05, 0.1) is 17.6 Å². The van der Waals surface area contributed by atoms with Gasteiger partial charge in [-0.15, -0.1) is 11.8 Å². The summed E-state index contributed by atoms with van der Waals surface area (Å²) in [4.78, 5) is 31.0. The lowest BCUT2D eigenvalue weighted by Gasteiger charge is -2.32. The zero-order valence-corrected chi connectivity index (χ0v) is 16.7. The van der Waals surface area contributed by atoms with Crippen molar-refractivity contribution in [3.05, 3.63) is 59.0 Å². The Labute approximate surface area is 167 Å². The Hall–Kier alpha value is -2.51. The first-order valence-electron chi connectivity index (χ1n) is 9.49. The van der Waals surface area contributed by atoms with E-state index >= 15 is 0 Å². The minimum absolute atomic E-state index is 0.000359. The molecule has 1 aliphatic heterocycles. The summed E-state index contributed by atoms with van der Waals surface area (Å²) in [6, 6.07) is 15.8. The van der Waals surface area contributed by atoms with Gasteiger partial charge in [-0.25, -0.2) is 4.79 Å². The van der Waals surface area contributed by atoms with Crippen molar-refractivity contribution >= 4 is 34.4 Å². The summed E-state index contributed by atoms with van der Waals surface area (Å²) in [7, 11) is 0. The van der Waals surface area contributed by atoms with E-state index in [0.717, 1.165) is 42.7 Å². The third-order valence-electron chi connectivity index (χ3n) is 5.29. The highest BCUT2D eigenvalue weighted by Crippen LogP contribution is 2.25. The molecule has 146 valence electrons. The Bertz CT molecular complexity index is 1020. The van der Waals surface area contributed by atoms with Crippen LogP contribution >= 0.6 is 11.8 Å². The normalized spacial score (nSPS) is 15.8. The van der Waals surface area contributed by atoms with Gasteiger partial charge in [-0.1, -0.05) is 12.1 Å².